The van der Waals surface area contributed by atoms with Crippen molar-refractivity contribution in [2.75, 3.05) is 32.8 Å². The highest BCUT2D eigenvalue weighted by molar-refractivity contribution is 7.99. The van der Waals surface area contributed by atoms with Crippen molar-refractivity contribution in [1.29, 1.82) is 0 Å². The van der Waals surface area contributed by atoms with Crippen molar-refractivity contribution in [1.82, 2.24) is 14.8 Å². The molecule has 5 nitrogen and oxygen atoms in total. The average Bonchev–Trinajstić information content (AvgIpc) is 3.11. The Balaban J connectivity index is 1.50. The molecule has 2 aliphatic rings. The molecular weight excluding hydrogens is 370 g/mol. The van der Waals surface area contributed by atoms with Gasteiger partial charge < -0.3 is 9.64 Å². The number of benzene rings is 1. The van der Waals surface area contributed by atoms with E-state index in [-0.39, 0.29) is 11.9 Å². The lowest BCUT2D eigenvalue weighted by molar-refractivity contribution is -0.140. The predicted octanol–water partition coefficient (Wildman–Crippen LogP) is 2.98. The third-order valence-electron chi connectivity index (χ3n) is 5.37. The molecule has 0 bridgehead atoms. The Morgan fingerprint density at radius 3 is 2.82 bits per heavy atom. The molecule has 1 aromatic carbocycles. The van der Waals surface area contributed by atoms with E-state index in [1.807, 2.05) is 29.3 Å². The Labute approximate surface area is 171 Å². The van der Waals surface area contributed by atoms with Crippen LogP contribution in [-0.4, -0.2) is 64.8 Å². The second-order valence-electron chi connectivity index (χ2n) is 7.52. The first kappa shape index (κ1) is 19.4. The van der Waals surface area contributed by atoms with Gasteiger partial charge in [-0.3, -0.25) is 9.69 Å². The monoisotopic (exact) mass is 397 g/mol. The molecule has 2 atom stereocenters. The van der Waals surface area contributed by atoms with Crippen LogP contribution >= 0.6 is 11.8 Å². The zero-order chi connectivity index (χ0) is 19.3. The molecule has 148 valence electrons. The highest BCUT2D eigenvalue weighted by Gasteiger charge is 2.39. The minimum absolute atomic E-state index is 0.0696. The number of thioether (sulfide) groups is 1. The van der Waals surface area contributed by atoms with Crippen LogP contribution in [-0.2, 0) is 16.1 Å². The number of ether oxygens (including phenoxy) is 1. The number of nitrogens with zero attached hydrogens (tertiary/aromatic N) is 3. The van der Waals surface area contributed by atoms with Gasteiger partial charge in [-0.25, -0.2) is 4.98 Å². The van der Waals surface area contributed by atoms with Crippen molar-refractivity contribution in [3.63, 3.8) is 0 Å². The average molecular weight is 398 g/mol. The smallest absolute Gasteiger partial charge is 0.240 e. The number of carbonyl (C=O) groups is 1. The Kier molecular flexibility index (Phi) is 6.29. The Bertz CT molecular complexity index is 795. The molecule has 2 aliphatic heterocycles. The number of rotatable bonds is 5. The molecule has 1 amide bonds. The normalized spacial score (nSPS) is 23.1. The number of likely N-dealkylation sites (tertiary alicyclic amines) is 1. The number of hydrogen-bond acceptors (Lipinski definition) is 5. The minimum Gasteiger partial charge on any atom is -0.378 e. The number of carbonyl (C=O) groups excluding carboxylic acids is 1. The topological polar surface area (TPSA) is 45.7 Å². The van der Waals surface area contributed by atoms with Gasteiger partial charge in [-0.2, -0.15) is 0 Å². The maximum atomic E-state index is 13.3. The van der Waals surface area contributed by atoms with Crippen molar-refractivity contribution in [3.8, 4) is 0 Å². The number of amides is 1. The van der Waals surface area contributed by atoms with Gasteiger partial charge in [-0.15, -0.1) is 11.8 Å². The molecular formula is C22H27N3O2S. The quantitative estimate of drug-likeness (QED) is 0.776. The van der Waals surface area contributed by atoms with E-state index in [1.165, 1.54) is 11.1 Å². The van der Waals surface area contributed by atoms with Crippen molar-refractivity contribution in [3.05, 3.63) is 59.8 Å². The molecule has 0 unspecified atom stereocenters. The standard InChI is InChI=1S/C22H27N3O2S/c1-17-5-4-6-18(13-17)15-25-16-19(28-21-7-2-3-8-23-21)14-20(25)22(26)24-9-11-27-12-10-24/h2-8,13,19-20H,9-12,14-16H2,1H3/t19-,20-/m0/s1. The molecule has 2 aromatic rings. The van der Waals surface area contributed by atoms with E-state index in [0.717, 1.165) is 24.5 Å². The van der Waals surface area contributed by atoms with E-state index in [4.69, 9.17) is 4.74 Å². The SMILES string of the molecule is Cc1cccc(CN2C[C@@H](Sc3ccccn3)C[C@H]2C(=O)N2CCOCC2)c1. The fourth-order valence-electron chi connectivity index (χ4n) is 4.01. The van der Waals surface area contributed by atoms with Gasteiger partial charge in [0.2, 0.25) is 5.91 Å². The maximum Gasteiger partial charge on any atom is 0.240 e. The molecule has 4 rings (SSSR count). The van der Waals surface area contributed by atoms with Gasteiger partial charge in [-0.1, -0.05) is 35.9 Å². The van der Waals surface area contributed by atoms with Crippen molar-refractivity contribution in [2.24, 2.45) is 0 Å². The molecule has 0 aliphatic carbocycles. The van der Waals surface area contributed by atoms with Crippen LogP contribution in [0, 0.1) is 6.92 Å². The lowest BCUT2D eigenvalue weighted by Gasteiger charge is -2.32. The van der Waals surface area contributed by atoms with Crippen LogP contribution < -0.4 is 0 Å². The first-order chi connectivity index (χ1) is 13.7. The fraction of sp³-hybridized carbons (Fsp3) is 0.455. The first-order valence-electron chi connectivity index (χ1n) is 9.93. The molecule has 0 spiro atoms. The molecule has 2 saturated heterocycles. The van der Waals surface area contributed by atoms with E-state index in [2.05, 4.69) is 41.1 Å². The van der Waals surface area contributed by atoms with Crippen molar-refractivity contribution >= 4 is 17.7 Å². The lowest BCUT2D eigenvalue weighted by atomic mass is 10.1. The largest absolute Gasteiger partial charge is 0.378 e. The highest BCUT2D eigenvalue weighted by atomic mass is 32.2. The van der Waals surface area contributed by atoms with Gasteiger partial charge in [0.25, 0.3) is 0 Å². The predicted molar refractivity (Wildman–Crippen MR) is 111 cm³/mol. The Morgan fingerprint density at radius 2 is 2.07 bits per heavy atom. The summed E-state index contributed by atoms with van der Waals surface area (Å²) < 4.78 is 5.43. The van der Waals surface area contributed by atoms with Crippen LogP contribution in [0.3, 0.4) is 0 Å². The molecule has 28 heavy (non-hydrogen) atoms. The van der Waals surface area contributed by atoms with Gasteiger partial charge in [0.05, 0.1) is 24.3 Å². The molecule has 3 heterocycles. The van der Waals surface area contributed by atoms with Crippen LogP contribution in [0.15, 0.2) is 53.7 Å². The third-order valence-corrected chi connectivity index (χ3v) is 6.52. The third kappa shape index (κ3) is 4.74. The summed E-state index contributed by atoms with van der Waals surface area (Å²) in [6, 6.07) is 14.5. The Hall–Kier alpha value is -1.89. The molecule has 0 N–H and O–H groups in total. The fourth-order valence-corrected chi connectivity index (χ4v) is 5.17. The summed E-state index contributed by atoms with van der Waals surface area (Å²) >= 11 is 1.79. The van der Waals surface area contributed by atoms with E-state index in [9.17, 15) is 4.79 Å². The summed E-state index contributed by atoms with van der Waals surface area (Å²) in [6.45, 7) is 6.50. The van der Waals surface area contributed by atoms with Crippen molar-refractivity contribution in [2.45, 2.75) is 36.2 Å². The summed E-state index contributed by atoms with van der Waals surface area (Å²) in [6.07, 6.45) is 2.70. The van der Waals surface area contributed by atoms with Crippen LogP contribution in [0.25, 0.3) is 0 Å². The van der Waals surface area contributed by atoms with Gasteiger partial charge in [0.1, 0.15) is 0 Å². The first-order valence-corrected chi connectivity index (χ1v) is 10.8. The summed E-state index contributed by atoms with van der Waals surface area (Å²) in [5.41, 5.74) is 2.52. The zero-order valence-electron chi connectivity index (χ0n) is 16.3. The van der Waals surface area contributed by atoms with Gasteiger partial charge in [0, 0.05) is 37.6 Å². The number of aryl methyl sites for hydroxylation is 1. The molecule has 6 heteroatoms. The summed E-state index contributed by atoms with van der Waals surface area (Å²) in [5.74, 6) is 0.250. The maximum absolute atomic E-state index is 13.3. The van der Waals surface area contributed by atoms with Crippen LogP contribution in [0.2, 0.25) is 0 Å². The minimum atomic E-state index is -0.0696. The molecule has 0 saturated carbocycles. The molecule has 2 fully saturated rings. The van der Waals surface area contributed by atoms with Crippen LogP contribution in [0.5, 0.6) is 0 Å². The summed E-state index contributed by atoms with van der Waals surface area (Å²) in [4.78, 5) is 22.1. The number of pyridine rings is 1. The van der Waals surface area contributed by atoms with E-state index < -0.39 is 0 Å². The Morgan fingerprint density at radius 1 is 1.21 bits per heavy atom. The molecule has 0 radical (unpaired) electrons. The van der Waals surface area contributed by atoms with E-state index >= 15 is 0 Å². The number of aromatic nitrogens is 1. The van der Waals surface area contributed by atoms with Gasteiger partial charge >= 0.3 is 0 Å². The van der Waals surface area contributed by atoms with Crippen LogP contribution in [0.1, 0.15) is 17.5 Å². The van der Waals surface area contributed by atoms with E-state index in [0.29, 0.717) is 31.6 Å². The van der Waals surface area contributed by atoms with Crippen molar-refractivity contribution < 1.29 is 9.53 Å². The number of hydrogen-bond donors (Lipinski definition) is 0. The summed E-state index contributed by atoms with van der Waals surface area (Å²) in [5, 5.41) is 1.40. The van der Waals surface area contributed by atoms with Gasteiger partial charge in [0.15, 0.2) is 0 Å². The summed E-state index contributed by atoms with van der Waals surface area (Å²) in [7, 11) is 0. The lowest BCUT2D eigenvalue weighted by Crippen LogP contribution is -2.49. The number of morpholine rings is 1. The van der Waals surface area contributed by atoms with Crippen LogP contribution in [0.4, 0.5) is 0 Å². The highest BCUT2D eigenvalue weighted by Crippen LogP contribution is 2.33. The second-order valence-corrected chi connectivity index (χ2v) is 8.84. The zero-order valence-corrected chi connectivity index (χ0v) is 17.1. The van der Waals surface area contributed by atoms with Gasteiger partial charge in [-0.05, 0) is 31.0 Å². The molecule has 1 aromatic heterocycles. The van der Waals surface area contributed by atoms with E-state index in [1.54, 1.807) is 11.8 Å². The second kappa shape index (κ2) is 9.07.